The van der Waals surface area contributed by atoms with Crippen molar-refractivity contribution in [3.05, 3.63) is 35.9 Å². The van der Waals surface area contributed by atoms with E-state index >= 15 is 0 Å². The van der Waals surface area contributed by atoms with E-state index in [-0.39, 0.29) is 0 Å². The van der Waals surface area contributed by atoms with Gasteiger partial charge < -0.3 is 4.90 Å². The highest BCUT2D eigenvalue weighted by atomic mass is 16.2. The van der Waals surface area contributed by atoms with Gasteiger partial charge in [-0.15, -0.1) is 0 Å². The molecule has 1 aliphatic carbocycles. The number of nitrogens with zero attached hydrogens (tertiary/aromatic N) is 1. The number of fused-ring (bicyclic) bond motifs is 1. The van der Waals surface area contributed by atoms with Crippen molar-refractivity contribution in [2.75, 3.05) is 13.1 Å². The Morgan fingerprint density at radius 1 is 1.06 bits per heavy atom. The zero-order chi connectivity index (χ0) is 12.4. The first-order chi connectivity index (χ1) is 8.83. The number of likely N-dealkylation sites (tertiary alicyclic amines) is 1. The van der Waals surface area contributed by atoms with E-state index in [1.54, 1.807) is 0 Å². The smallest absolute Gasteiger partial charge is 0.227 e. The molecule has 1 aromatic carbocycles. The Kier molecular flexibility index (Phi) is 3.35. The molecule has 0 radical (unpaired) electrons. The van der Waals surface area contributed by atoms with Crippen LogP contribution in [0.5, 0.6) is 0 Å². The molecule has 2 fully saturated rings. The second-order valence-electron chi connectivity index (χ2n) is 5.77. The first-order valence-corrected chi connectivity index (χ1v) is 7.14. The van der Waals surface area contributed by atoms with E-state index < -0.39 is 0 Å². The molecule has 2 atom stereocenters. The molecular formula is C16H21NO. The van der Waals surface area contributed by atoms with E-state index in [2.05, 4.69) is 4.90 Å². The molecule has 1 saturated heterocycles. The fourth-order valence-electron chi connectivity index (χ4n) is 3.49. The van der Waals surface area contributed by atoms with Crippen molar-refractivity contribution in [2.24, 2.45) is 11.8 Å². The summed E-state index contributed by atoms with van der Waals surface area (Å²) in [6.07, 6.45) is 5.96. The minimum atomic E-state index is 0.315. The highest BCUT2D eigenvalue weighted by Gasteiger charge is 2.36. The van der Waals surface area contributed by atoms with Crippen molar-refractivity contribution in [1.29, 1.82) is 0 Å². The minimum absolute atomic E-state index is 0.315. The summed E-state index contributed by atoms with van der Waals surface area (Å²) in [4.78, 5) is 14.4. The Bertz CT molecular complexity index is 400. The molecule has 3 rings (SSSR count). The third kappa shape index (κ3) is 2.43. The number of benzene rings is 1. The van der Waals surface area contributed by atoms with Crippen LogP contribution in [0.3, 0.4) is 0 Å². The largest absolute Gasteiger partial charge is 0.342 e. The Morgan fingerprint density at radius 2 is 1.67 bits per heavy atom. The average Bonchev–Trinajstić information content (AvgIpc) is 2.84. The molecule has 0 aromatic heterocycles. The molecule has 1 heterocycles. The lowest BCUT2D eigenvalue weighted by atomic mass is 9.82. The van der Waals surface area contributed by atoms with Gasteiger partial charge in [-0.05, 0) is 30.2 Å². The lowest BCUT2D eigenvalue weighted by Crippen LogP contribution is -2.30. The third-order valence-corrected chi connectivity index (χ3v) is 4.53. The van der Waals surface area contributed by atoms with E-state index in [1.165, 1.54) is 25.7 Å². The van der Waals surface area contributed by atoms with Gasteiger partial charge in [0.25, 0.3) is 0 Å². The topological polar surface area (TPSA) is 20.3 Å². The molecule has 1 aromatic rings. The molecule has 2 heteroatoms. The lowest BCUT2D eigenvalue weighted by molar-refractivity contribution is -0.129. The summed E-state index contributed by atoms with van der Waals surface area (Å²) in [5.74, 6) is 1.90. The molecule has 2 aliphatic rings. The first-order valence-electron chi connectivity index (χ1n) is 7.14. The van der Waals surface area contributed by atoms with E-state index in [1.807, 2.05) is 30.3 Å². The van der Waals surface area contributed by atoms with Gasteiger partial charge in [0.1, 0.15) is 0 Å². The van der Waals surface area contributed by atoms with Crippen molar-refractivity contribution < 1.29 is 4.79 Å². The molecule has 0 N–H and O–H groups in total. The fourth-order valence-corrected chi connectivity index (χ4v) is 3.49. The van der Waals surface area contributed by atoms with E-state index in [9.17, 15) is 4.79 Å². The van der Waals surface area contributed by atoms with Crippen LogP contribution in [0.15, 0.2) is 30.3 Å². The van der Waals surface area contributed by atoms with Crippen LogP contribution in [-0.2, 0) is 11.2 Å². The summed E-state index contributed by atoms with van der Waals surface area (Å²) in [6, 6.07) is 10.1. The molecular weight excluding hydrogens is 222 g/mol. The van der Waals surface area contributed by atoms with Crippen LogP contribution in [0.2, 0.25) is 0 Å². The number of hydrogen-bond acceptors (Lipinski definition) is 1. The summed E-state index contributed by atoms with van der Waals surface area (Å²) in [7, 11) is 0. The van der Waals surface area contributed by atoms with E-state index in [4.69, 9.17) is 0 Å². The van der Waals surface area contributed by atoms with Crippen LogP contribution in [0.25, 0.3) is 0 Å². The van der Waals surface area contributed by atoms with Crippen molar-refractivity contribution >= 4 is 5.91 Å². The van der Waals surface area contributed by atoms with E-state index in [0.29, 0.717) is 12.3 Å². The van der Waals surface area contributed by atoms with Gasteiger partial charge in [-0.3, -0.25) is 4.79 Å². The normalized spacial score (nSPS) is 27.0. The summed E-state index contributed by atoms with van der Waals surface area (Å²) < 4.78 is 0. The molecule has 18 heavy (non-hydrogen) atoms. The standard InChI is InChI=1S/C16H21NO/c18-16(10-13-6-2-1-3-7-13)17-11-14-8-4-5-9-15(14)12-17/h1-3,6-7,14-15H,4-5,8-12H2/t14-,15+. The highest BCUT2D eigenvalue weighted by Crippen LogP contribution is 2.36. The Balaban J connectivity index is 1.60. The van der Waals surface area contributed by atoms with Crippen molar-refractivity contribution in [2.45, 2.75) is 32.1 Å². The highest BCUT2D eigenvalue weighted by molar-refractivity contribution is 5.79. The molecule has 96 valence electrons. The molecule has 0 unspecified atom stereocenters. The summed E-state index contributed by atoms with van der Waals surface area (Å²) in [5.41, 5.74) is 1.14. The molecule has 0 bridgehead atoms. The maximum atomic E-state index is 12.3. The van der Waals surface area contributed by atoms with Crippen molar-refractivity contribution in [1.82, 2.24) is 4.90 Å². The SMILES string of the molecule is O=C(Cc1ccccc1)N1C[C@H]2CCCC[C@H]2C1. The molecule has 1 saturated carbocycles. The van der Waals surface area contributed by atoms with Gasteiger partial charge in [-0.2, -0.15) is 0 Å². The Morgan fingerprint density at radius 3 is 2.28 bits per heavy atom. The minimum Gasteiger partial charge on any atom is -0.342 e. The van der Waals surface area contributed by atoms with Crippen molar-refractivity contribution in [3.63, 3.8) is 0 Å². The Hall–Kier alpha value is -1.31. The third-order valence-electron chi connectivity index (χ3n) is 4.53. The zero-order valence-electron chi connectivity index (χ0n) is 10.8. The quantitative estimate of drug-likeness (QED) is 0.782. The second kappa shape index (κ2) is 5.13. The van der Waals surface area contributed by atoms with Gasteiger partial charge in [0.15, 0.2) is 0 Å². The summed E-state index contributed by atoms with van der Waals surface area (Å²) in [6.45, 7) is 2.02. The first kappa shape index (κ1) is 11.8. The lowest BCUT2D eigenvalue weighted by Gasteiger charge is -2.22. The van der Waals surface area contributed by atoms with Gasteiger partial charge in [0.2, 0.25) is 5.91 Å². The van der Waals surface area contributed by atoms with Crippen LogP contribution in [0.4, 0.5) is 0 Å². The maximum absolute atomic E-state index is 12.3. The second-order valence-corrected chi connectivity index (χ2v) is 5.77. The van der Waals surface area contributed by atoms with Gasteiger partial charge in [-0.1, -0.05) is 43.2 Å². The fraction of sp³-hybridized carbons (Fsp3) is 0.562. The molecule has 0 spiro atoms. The molecule has 1 aliphatic heterocycles. The summed E-state index contributed by atoms with van der Waals surface area (Å²) in [5, 5.41) is 0. The number of hydrogen-bond donors (Lipinski definition) is 0. The maximum Gasteiger partial charge on any atom is 0.227 e. The summed E-state index contributed by atoms with van der Waals surface area (Å²) >= 11 is 0. The van der Waals surface area contributed by atoms with Crippen molar-refractivity contribution in [3.8, 4) is 0 Å². The van der Waals surface area contributed by atoms with Crippen LogP contribution in [0.1, 0.15) is 31.2 Å². The average molecular weight is 243 g/mol. The van der Waals surface area contributed by atoms with E-state index in [0.717, 1.165) is 30.5 Å². The number of rotatable bonds is 2. The predicted octanol–water partition coefficient (Wildman–Crippen LogP) is 2.88. The van der Waals surface area contributed by atoms with Gasteiger partial charge in [0, 0.05) is 13.1 Å². The van der Waals surface area contributed by atoms with Crippen LogP contribution in [-0.4, -0.2) is 23.9 Å². The monoisotopic (exact) mass is 243 g/mol. The number of carbonyl (C=O) groups is 1. The predicted molar refractivity (Wildman–Crippen MR) is 72.2 cm³/mol. The molecule has 1 amide bonds. The van der Waals surface area contributed by atoms with Crippen LogP contribution < -0.4 is 0 Å². The zero-order valence-corrected chi connectivity index (χ0v) is 10.8. The van der Waals surface area contributed by atoms with Crippen LogP contribution >= 0.6 is 0 Å². The number of amides is 1. The van der Waals surface area contributed by atoms with Gasteiger partial charge >= 0.3 is 0 Å². The molecule has 2 nitrogen and oxygen atoms in total. The van der Waals surface area contributed by atoms with Crippen LogP contribution in [0, 0.1) is 11.8 Å². The van der Waals surface area contributed by atoms with Gasteiger partial charge in [0.05, 0.1) is 6.42 Å². The Labute approximate surface area is 109 Å². The number of carbonyl (C=O) groups excluding carboxylic acids is 1. The van der Waals surface area contributed by atoms with Gasteiger partial charge in [-0.25, -0.2) is 0 Å².